The quantitative estimate of drug-likeness (QED) is 0.877. The third-order valence-corrected chi connectivity index (χ3v) is 3.06. The molecule has 0 saturated carbocycles. The maximum Gasteiger partial charge on any atom is 0.241 e. The number of nitrogens with two attached hydrogens (primary N) is 1. The van der Waals surface area contributed by atoms with E-state index in [9.17, 15) is 12.8 Å². The highest BCUT2D eigenvalue weighted by Gasteiger charge is 2.10. The molecule has 0 unspecified atom stereocenters. The van der Waals surface area contributed by atoms with Crippen LogP contribution in [0.25, 0.3) is 0 Å². The van der Waals surface area contributed by atoms with Gasteiger partial charge in [-0.2, -0.15) is 5.10 Å². The molecule has 2 N–H and O–H groups in total. The lowest BCUT2D eigenvalue weighted by atomic mass is 10.2. The van der Waals surface area contributed by atoms with Crippen LogP contribution in [-0.4, -0.2) is 18.2 Å². The highest BCUT2D eigenvalue weighted by atomic mass is 32.2. The topological polar surface area (TPSA) is 78.0 Å². The van der Waals surface area contributed by atoms with Gasteiger partial charge in [-0.05, 0) is 17.7 Å². The number of nitrogens with zero attached hydrogens (tertiary/aromatic N) is 2. The zero-order chi connectivity index (χ0) is 12.5. The van der Waals surface area contributed by atoms with Crippen LogP contribution in [0.4, 0.5) is 4.39 Å². The second-order valence-corrected chi connectivity index (χ2v) is 5.11. The van der Waals surface area contributed by atoms with E-state index in [2.05, 4.69) is 5.10 Å². The number of aromatic nitrogens is 2. The lowest BCUT2D eigenvalue weighted by Gasteiger charge is -2.01. The Labute approximate surface area is 97.7 Å². The molecule has 2 rings (SSSR count). The molecule has 1 aromatic carbocycles. The number of primary sulfonamides is 1. The van der Waals surface area contributed by atoms with E-state index in [0.29, 0.717) is 6.54 Å². The summed E-state index contributed by atoms with van der Waals surface area (Å²) in [5.74, 6) is -0.320. The minimum atomic E-state index is -3.72. The number of halogens is 1. The summed E-state index contributed by atoms with van der Waals surface area (Å²) >= 11 is 0. The summed E-state index contributed by atoms with van der Waals surface area (Å²) in [6, 6.07) is 5.88. The molecular weight excluding hydrogens is 245 g/mol. The third-order valence-electron chi connectivity index (χ3n) is 2.20. The van der Waals surface area contributed by atoms with Crippen molar-refractivity contribution < 1.29 is 12.8 Å². The molecule has 0 bridgehead atoms. The molecule has 0 saturated heterocycles. The van der Waals surface area contributed by atoms with Crippen molar-refractivity contribution in [2.45, 2.75) is 11.4 Å². The number of benzene rings is 1. The highest BCUT2D eigenvalue weighted by molar-refractivity contribution is 7.89. The van der Waals surface area contributed by atoms with Gasteiger partial charge in [0.15, 0.2) is 0 Å². The van der Waals surface area contributed by atoms with E-state index in [1.54, 1.807) is 12.1 Å². The second-order valence-electron chi connectivity index (χ2n) is 3.55. The Balaban J connectivity index is 2.20. The largest absolute Gasteiger partial charge is 0.267 e. The molecule has 5 nitrogen and oxygen atoms in total. The summed E-state index contributed by atoms with van der Waals surface area (Å²) in [5, 5.41) is 8.82. The van der Waals surface area contributed by atoms with Gasteiger partial charge in [-0.1, -0.05) is 12.1 Å². The lowest BCUT2D eigenvalue weighted by Crippen LogP contribution is -2.11. The molecule has 0 fully saturated rings. The van der Waals surface area contributed by atoms with E-state index in [1.165, 1.54) is 29.2 Å². The molecule has 0 aliphatic rings. The van der Waals surface area contributed by atoms with E-state index in [4.69, 9.17) is 5.14 Å². The first-order valence-corrected chi connectivity index (χ1v) is 6.29. The number of hydrogen-bond donors (Lipinski definition) is 1. The summed E-state index contributed by atoms with van der Waals surface area (Å²) in [6.07, 6.45) is 2.51. The standard InChI is InChI=1S/C10H10FN3O2S/c11-9-3-1-8(2-4-9)6-14-7-10(5-13-14)17(12,15)16/h1-5,7H,6H2,(H2,12,15,16). The first-order chi connectivity index (χ1) is 7.95. The molecule has 7 heteroatoms. The zero-order valence-electron chi connectivity index (χ0n) is 8.75. The SMILES string of the molecule is NS(=O)(=O)c1cnn(Cc2ccc(F)cc2)c1. The van der Waals surface area contributed by atoms with Crippen molar-refractivity contribution in [2.24, 2.45) is 5.14 Å². The molecule has 17 heavy (non-hydrogen) atoms. The van der Waals surface area contributed by atoms with Gasteiger partial charge in [0.1, 0.15) is 10.7 Å². The Bertz CT molecular complexity index is 619. The first-order valence-electron chi connectivity index (χ1n) is 4.75. The van der Waals surface area contributed by atoms with Gasteiger partial charge >= 0.3 is 0 Å². The summed E-state index contributed by atoms with van der Waals surface area (Å²) in [4.78, 5) is -0.0420. The van der Waals surface area contributed by atoms with Crippen LogP contribution in [0.3, 0.4) is 0 Å². The average molecular weight is 255 g/mol. The Morgan fingerprint density at radius 1 is 1.29 bits per heavy atom. The van der Waals surface area contributed by atoms with Crippen LogP contribution in [0.1, 0.15) is 5.56 Å². The van der Waals surface area contributed by atoms with Gasteiger partial charge in [0.25, 0.3) is 0 Å². The van der Waals surface area contributed by atoms with Crippen LogP contribution in [0.5, 0.6) is 0 Å². The van der Waals surface area contributed by atoms with E-state index in [-0.39, 0.29) is 10.7 Å². The minimum Gasteiger partial charge on any atom is -0.267 e. The predicted octanol–water partition coefficient (Wildman–Crippen LogP) is 0.718. The van der Waals surface area contributed by atoms with Crippen molar-refractivity contribution in [3.63, 3.8) is 0 Å². The smallest absolute Gasteiger partial charge is 0.241 e. The third kappa shape index (κ3) is 2.89. The van der Waals surface area contributed by atoms with Gasteiger partial charge in [0.05, 0.1) is 12.7 Å². The maximum absolute atomic E-state index is 12.7. The van der Waals surface area contributed by atoms with Crippen molar-refractivity contribution in [2.75, 3.05) is 0 Å². The van der Waals surface area contributed by atoms with Crippen molar-refractivity contribution >= 4 is 10.0 Å². The van der Waals surface area contributed by atoms with Gasteiger partial charge < -0.3 is 0 Å². The first kappa shape index (κ1) is 11.7. The predicted molar refractivity (Wildman–Crippen MR) is 59.1 cm³/mol. The average Bonchev–Trinajstić information content (AvgIpc) is 2.69. The number of rotatable bonds is 3. The highest BCUT2D eigenvalue weighted by Crippen LogP contribution is 2.08. The fourth-order valence-corrected chi connectivity index (χ4v) is 1.82. The molecule has 1 aromatic heterocycles. The molecule has 0 spiro atoms. The molecule has 0 amide bonds. The van der Waals surface area contributed by atoms with Crippen LogP contribution >= 0.6 is 0 Å². The normalized spacial score (nSPS) is 11.6. The maximum atomic E-state index is 12.7. The molecule has 0 aliphatic carbocycles. The van der Waals surface area contributed by atoms with Crippen LogP contribution in [0.2, 0.25) is 0 Å². The van der Waals surface area contributed by atoms with E-state index in [0.717, 1.165) is 5.56 Å². The van der Waals surface area contributed by atoms with Crippen molar-refractivity contribution in [3.8, 4) is 0 Å². The van der Waals surface area contributed by atoms with Gasteiger partial charge in [-0.25, -0.2) is 17.9 Å². The molecule has 90 valence electrons. The van der Waals surface area contributed by atoms with Crippen LogP contribution < -0.4 is 5.14 Å². The Morgan fingerprint density at radius 3 is 2.47 bits per heavy atom. The van der Waals surface area contributed by atoms with Gasteiger partial charge in [-0.15, -0.1) is 0 Å². The van der Waals surface area contributed by atoms with E-state index >= 15 is 0 Å². The molecule has 2 aromatic rings. The van der Waals surface area contributed by atoms with Crippen molar-refractivity contribution in [1.29, 1.82) is 0 Å². The molecule has 0 atom stereocenters. The van der Waals surface area contributed by atoms with Gasteiger partial charge in [0, 0.05) is 6.20 Å². The molecule has 0 radical (unpaired) electrons. The lowest BCUT2D eigenvalue weighted by molar-refractivity contribution is 0.597. The van der Waals surface area contributed by atoms with E-state index in [1.807, 2.05) is 0 Å². The minimum absolute atomic E-state index is 0.0420. The zero-order valence-corrected chi connectivity index (χ0v) is 9.56. The molecule has 0 aliphatic heterocycles. The number of sulfonamides is 1. The van der Waals surface area contributed by atoms with Crippen LogP contribution in [0, 0.1) is 5.82 Å². The Hall–Kier alpha value is -1.73. The van der Waals surface area contributed by atoms with Gasteiger partial charge in [-0.3, -0.25) is 4.68 Å². The monoisotopic (exact) mass is 255 g/mol. The van der Waals surface area contributed by atoms with Crippen molar-refractivity contribution in [3.05, 3.63) is 48.0 Å². The summed E-state index contributed by atoms with van der Waals surface area (Å²) < 4.78 is 36.1. The van der Waals surface area contributed by atoms with Crippen LogP contribution in [0.15, 0.2) is 41.6 Å². The fourth-order valence-electron chi connectivity index (χ4n) is 1.35. The van der Waals surface area contributed by atoms with Crippen LogP contribution in [-0.2, 0) is 16.6 Å². The Kier molecular flexibility index (Phi) is 2.95. The van der Waals surface area contributed by atoms with Gasteiger partial charge in [0.2, 0.25) is 10.0 Å². The Morgan fingerprint density at radius 2 is 1.94 bits per heavy atom. The number of hydrogen-bond acceptors (Lipinski definition) is 3. The second kappa shape index (κ2) is 4.27. The molecule has 1 heterocycles. The van der Waals surface area contributed by atoms with E-state index < -0.39 is 10.0 Å². The summed E-state index contributed by atoms with van der Waals surface area (Å²) in [5.41, 5.74) is 0.815. The summed E-state index contributed by atoms with van der Waals surface area (Å²) in [7, 11) is -3.72. The molecular formula is C10H10FN3O2S. The fraction of sp³-hybridized carbons (Fsp3) is 0.100. The van der Waals surface area contributed by atoms with Crippen molar-refractivity contribution in [1.82, 2.24) is 9.78 Å². The summed E-state index contributed by atoms with van der Waals surface area (Å²) in [6.45, 7) is 0.357.